The molecule has 0 unspecified atom stereocenters. The summed E-state index contributed by atoms with van der Waals surface area (Å²) >= 11 is 0. The van der Waals surface area contributed by atoms with Crippen molar-refractivity contribution in [2.45, 2.75) is 26.3 Å². The lowest BCUT2D eigenvalue weighted by Crippen LogP contribution is -3.00. The van der Waals surface area contributed by atoms with Gasteiger partial charge in [-0.15, -0.1) is 4.68 Å². The van der Waals surface area contributed by atoms with Crippen LogP contribution >= 0.6 is 0 Å². The molecule has 2 nitrogen and oxygen atoms in total. The van der Waals surface area contributed by atoms with Gasteiger partial charge in [-0.2, -0.15) is 5.10 Å². The zero-order valence-electron chi connectivity index (χ0n) is 6.18. The number of aromatic nitrogens is 2. The first-order valence-electron chi connectivity index (χ1n) is 3.46. The maximum atomic E-state index is 3.09. The Morgan fingerprint density at radius 3 is 2.80 bits per heavy atom. The van der Waals surface area contributed by atoms with Crippen LogP contribution in [0.3, 0.4) is 0 Å². The van der Waals surface area contributed by atoms with Crippen LogP contribution < -0.4 is 17.1 Å². The molecular formula is C7H13ClN2. The fourth-order valence-electron chi connectivity index (χ4n) is 0.796. The number of aromatic amines is 1. The van der Waals surface area contributed by atoms with Crippen LogP contribution in [0.15, 0.2) is 18.5 Å². The van der Waals surface area contributed by atoms with Crippen LogP contribution in [0.5, 0.6) is 0 Å². The lowest BCUT2D eigenvalue weighted by atomic mass is 10.3. The van der Waals surface area contributed by atoms with E-state index in [4.69, 9.17) is 0 Å². The smallest absolute Gasteiger partial charge is 0.195 e. The molecule has 10 heavy (non-hydrogen) atoms. The number of nitrogens with one attached hydrogen (secondary N) is 1. The Kier molecular flexibility index (Phi) is 5.03. The maximum Gasteiger partial charge on any atom is 0.195 e. The highest BCUT2D eigenvalue weighted by molar-refractivity contribution is 4.66. The molecule has 1 rings (SSSR count). The molecule has 1 aromatic rings. The van der Waals surface area contributed by atoms with Gasteiger partial charge in [-0.1, -0.05) is 13.3 Å². The van der Waals surface area contributed by atoms with Crippen LogP contribution in [0.25, 0.3) is 0 Å². The molecule has 58 valence electrons. The van der Waals surface area contributed by atoms with Gasteiger partial charge in [-0.25, -0.2) is 0 Å². The average molecular weight is 161 g/mol. The van der Waals surface area contributed by atoms with Gasteiger partial charge in [0.25, 0.3) is 0 Å². The van der Waals surface area contributed by atoms with Crippen LogP contribution in [0, 0.1) is 0 Å². The van der Waals surface area contributed by atoms with Gasteiger partial charge in [0.1, 0.15) is 0 Å². The summed E-state index contributed by atoms with van der Waals surface area (Å²) < 4.78 is 2.09. The summed E-state index contributed by atoms with van der Waals surface area (Å²) in [6.45, 7) is 3.31. The molecule has 1 aromatic heterocycles. The summed E-state index contributed by atoms with van der Waals surface area (Å²) in [5.74, 6) is 0. The van der Waals surface area contributed by atoms with Crippen molar-refractivity contribution >= 4 is 0 Å². The van der Waals surface area contributed by atoms with Crippen molar-refractivity contribution in [3.63, 3.8) is 0 Å². The second kappa shape index (κ2) is 5.30. The summed E-state index contributed by atoms with van der Waals surface area (Å²) in [4.78, 5) is 0. The van der Waals surface area contributed by atoms with Crippen molar-refractivity contribution in [1.29, 1.82) is 0 Å². The Balaban J connectivity index is 0.000000810. The van der Waals surface area contributed by atoms with Gasteiger partial charge in [0.05, 0.1) is 6.20 Å². The van der Waals surface area contributed by atoms with E-state index in [1.54, 1.807) is 0 Å². The van der Waals surface area contributed by atoms with Crippen molar-refractivity contribution in [2.75, 3.05) is 0 Å². The third-order valence-corrected chi connectivity index (χ3v) is 1.36. The minimum absolute atomic E-state index is 0. The Morgan fingerprint density at radius 1 is 1.50 bits per heavy atom. The van der Waals surface area contributed by atoms with Crippen molar-refractivity contribution in [3.05, 3.63) is 18.5 Å². The monoisotopic (exact) mass is 160 g/mol. The summed E-state index contributed by atoms with van der Waals surface area (Å²) in [7, 11) is 0. The predicted molar refractivity (Wildman–Crippen MR) is 35.9 cm³/mol. The van der Waals surface area contributed by atoms with Gasteiger partial charge in [0.2, 0.25) is 0 Å². The van der Waals surface area contributed by atoms with Crippen LogP contribution in [-0.2, 0) is 6.54 Å². The zero-order valence-corrected chi connectivity index (χ0v) is 6.93. The summed E-state index contributed by atoms with van der Waals surface area (Å²) in [5, 5.41) is 3.09. The maximum absolute atomic E-state index is 3.09. The highest BCUT2D eigenvalue weighted by Crippen LogP contribution is 1.83. The molecule has 1 heterocycles. The van der Waals surface area contributed by atoms with Crippen molar-refractivity contribution in [2.24, 2.45) is 0 Å². The lowest BCUT2D eigenvalue weighted by molar-refractivity contribution is -0.750. The van der Waals surface area contributed by atoms with E-state index in [0.29, 0.717) is 0 Å². The molecule has 0 saturated carbocycles. The van der Waals surface area contributed by atoms with Gasteiger partial charge in [0.15, 0.2) is 12.7 Å². The van der Waals surface area contributed by atoms with Gasteiger partial charge in [-0.05, 0) is 0 Å². The number of H-pyrrole nitrogens is 1. The topological polar surface area (TPSA) is 19.7 Å². The molecule has 0 spiro atoms. The number of rotatable bonds is 3. The quantitative estimate of drug-likeness (QED) is 0.499. The van der Waals surface area contributed by atoms with E-state index in [0.717, 1.165) is 6.54 Å². The lowest BCUT2D eigenvalue weighted by Gasteiger charge is -1.86. The second-order valence-corrected chi connectivity index (χ2v) is 2.18. The second-order valence-electron chi connectivity index (χ2n) is 2.18. The van der Waals surface area contributed by atoms with Crippen molar-refractivity contribution in [1.82, 2.24) is 5.10 Å². The minimum atomic E-state index is 0. The average Bonchev–Trinajstić information content (AvgIpc) is 2.34. The SMILES string of the molecule is CCCC[n+]1ccc[nH]1.[Cl-]. The molecule has 0 aromatic carbocycles. The number of nitrogens with zero attached hydrogens (tertiary/aromatic N) is 1. The van der Waals surface area contributed by atoms with Crippen LogP contribution in [0.2, 0.25) is 0 Å². The summed E-state index contributed by atoms with van der Waals surface area (Å²) in [5.41, 5.74) is 0. The normalized spacial score (nSPS) is 8.90. The summed E-state index contributed by atoms with van der Waals surface area (Å²) in [6, 6.07) is 2.01. The number of hydrogen-bond acceptors (Lipinski definition) is 0. The van der Waals surface area contributed by atoms with Crippen LogP contribution in [-0.4, -0.2) is 5.10 Å². The minimum Gasteiger partial charge on any atom is -1.00 e. The Hall–Kier alpha value is -0.500. The third kappa shape index (κ3) is 2.87. The first kappa shape index (κ1) is 9.50. The molecule has 0 atom stereocenters. The van der Waals surface area contributed by atoms with E-state index >= 15 is 0 Å². The highest BCUT2D eigenvalue weighted by Gasteiger charge is 1.94. The summed E-state index contributed by atoms with van der Waals surface area (Å²) in [6.07, 6.45) is 6.50. The molecule has 0 saturated heterocycles. The van der Waals surface area contributed by atoms with Gasteiger partial charge < -0.3 is 12.4 Å². The zero-order chi connectivity index (χ0) is 6.53. The highest BCUT2D eigenvalue weighted by atomic mass is 35.5. The first-order chi connectivity index (χ1) is 4.43. The van der Waals surface area contributed by atoms with Crippen LogP contribution in [0.4, 0.5) is 0 Å². The first-order valence-corrected chi connectivity index (χ1v) is 3.46. The molecule has 0 bridgehead atoms. The van der Waals surface area contributed by atoms with E-state index in [1.165, 1.54) is 12.8 Å². The van der Waals surface area contributed by atoms with E-state index in [9.17, 15) is 0 Å². The third-order valence-electron chi connectivity index (χ3n) is 1.36. The van der Waals surface area contributed by atoms with Gasteiger partial charge in [-0.3, -0.25) is 0 Å². The molecule has 0 radical (unpaired) electrons. The van der Waals surface area contributed by atoms with E-state index in [-0.39, 0.29) is 12.4 Å². The molecule has 1 N–H and O–H groups in total. The number of aryl methyl sites for hydroxylation is 1. The predicted octanol–water partition coefficient (Wildman–Crippen LogP) is -1.89. The molecule has 0 aliphatic rings. The van der Waals surface area contributed by atoms with Crippen LogP contribution in [0.1, 0.15) is 19.8 Å². The molecule has 3 heteroatoms. The fraction of sp³-hybridized carbons (Fsp3) is 0.571. The molecule has 0 amide bonds. The Bertz CT molecular complexity index is 149. The van der Waals surface area contributed by atoms with E-state index in [1.807, 2.05) is 12.3 Å². The number of unbranched alkanes of at least 4 members (excludes halogenated alkanes) is 1. The van der Waals surface area contributed by atoms with Crippen molar-refractivity contribution in [3.8, 4) is 0 Å². The van der Waals surface area contributed by atoms with Gasteiger partial charge >= 0.3 is 0 Å². The largest absolute Gasteiger partial charge is 1.00 e. The fourth-order valence-corrected chi connectivity index (χ4v) is 0.796. The molecule has 0 aliphatic carbocycles. The number of hydrogen-bond donors (Lipinski definition) is 1. The Labute approximate surface area is 67.7 Å². The molecule has 0 aliphatic heterocycles. The van der Waals surface area contributed by atoms with E-state index in [2.05, 4.69) is 22.9 Å². The number of halogens is 1. The molecule has 0 fully saturated rings. The van der Waals surface area contributed by atoms with E-state index < -0.39 is 0 Å². The van der Waals surface area contributed by atoms with Crippen molar-refractivity contribution < 1.29 is 17.1 Å². The van der Waals surface area contributed by atoms with Gasteiger partial charge in [0, 0.05) is 12.5 Å². The standard InChI is InChI=1S/C7H12N2.ClH/c1-2-3-6-9-7-4-5-8-9;/h4-5,7H,2-3,6H2,1H3;1H. The Morgan fingerprint density at radius 2 is 2.30 bits per heavy atom. The molecular weight excluding hydrogens is 148 g/mol.